The normalized spacial score (nSPS) is 12.2. The van der Waals surface area contributed by atoms with Crippen molar-refractivity contribution in [2.75, 3.05) is 0 Å². The van der Waals surface area contributed by atoms with Gasteiger partial charge >= 0.3 is 5.97 Å². The first-order valence-electron chi connectivity index (χ1n) is 11.4. The lowest BCUT2D eigenvalue weighted by molar-refractivity contribution is -0.139. The zero-order valence-corrected chi connectivity index (χ0v) is 20.7. The Balaban J connectivity index is 1.41. The van der Waals surface area contributed by atoms with Crippen LogP contribution >= 0.6 is 23.2 Å². The minimum Gasteiger partial charge on any atom is -0.480 e. The Labute approximate surface area is 217 Å². The Morgan fingerprint density at radius 2 is 1.69 bits per heavy atom. The van der Waals surface area contributed by atoms with E-state index in [0.29, 0.717) is 27.9 Å². The number of halogens is 2. The smallest absolute Gasteiger partial charge is 0.321 e. The standard InChI is InChI=1S/C27H23Cl2N5O2/c28-21-10-6-11-22(29)20(21)16-34-32-25(26(33-34)17-7-2-1-3-8-17)15-31-24(27(35)36)13-18-14-30-23-12-5-4-9-19(18)23/h1-12,14,24,30-31H,13,15-16H2,(H,35,36)/t24-/m1/s1. The van der Waals surface area contributed by atoms with Crippen molar-refractivity contribution in [2.24, 2.45) is 0 Å². The van der Waals surface area contributed by atoms with Gasteiger partial charge in [-0.25, -0.2) is 0 Å². The zero-order valence-electron chi connectivity index (χ0n) is 19.2. The quantitative estimate of drug-likeness (QED) is 0.236. The fourth-order valence-corrected chi connectivity index (χ4v) is 4.72. The first kappa shape index (κ1) is 24.1. The van der Waals surface area contributed by atoms with Crippen LogP contribution in [0.2, 0.25) is 10.0 Å². The Hall–Kier alpha value is -3.65. The predicted molar refractivity (Wildman–Crippen MR) is 141 cm³/mol. The van der Waals surface area contributed by atoms with E-state index in [-0.39, 0.29) is 13.1 Å². The number of nitrogens with one attached hydrogen (secondary N) is 2. The second kappa shape index (κ2) is 10.5. The predicted octanol–water partition coefficient (Wildman–Crippen LogP) is 5.57. The van der Waals surface area contributed by atoms with Crippen LogP contribution in [0, 0.1) is 0 Å². The van der Waals surface area contributed by atoms with E-state index in [9.17, 15) is 9.90 Å². The largest absolute Gasteiger partial charge is 0.480 e. The average molecular weight is 520 g/mol. The molecule has 0 radical (unpaired) electrons. The minimum absolute atomic E-state index is 0.222. The van der Waals surface area contributed by atoms with Crippen molar-refractivity contribution in [1.82, 2.24) is 25.3 Å². The number of benzene rings is 3. The fraction of sp³-hybridized carbons (Fsp3) is 0.148. The van der Waals surface area contributed by atoms with E-state index in [1.165, 1.54) is 0 Å². The maximum Gasteiger partial charge on any atom is 0.321 e. The molecular formula is C27H23Cl2N5O2. The monoisotopic (exact) mass is 519 g/mol. The van der Waals surface area contributed by atoms with E-state index < -0.39 is 12.0 Å². The second-order valence-electron chi connectivity index (χ2n) is 8.43. The molecule has 0 saturated carbocycles. The first-order valence-corrected chi connectivity index (χ1v) is 12.2. The number of aliphatic carboxylic acids is 1. The van der Waals surface area contributed by atoms with Crippen LogP contribution in [0.1, 0.15) is 16.8 Å². The molecule has 0 aliphatic rings. The first-order chi connectivity index (χ1) is 17.5. The van der Waals surface area contributed by atoms with Crippen LogP contribution in [0.4, 0.5) is 0 Å². The minimum atomic E-state index is -0.934. The van der Waals surface area contributed by atoms with Crippen LogP contribution in [0.15, 0.2) is 79.0 Å². The van der Waals surface area contributed by atoms with E-state index in [0.717, 1.165) is 27.6 Å². The van der Waals surface area contributed by atoms with Gasteiger partial charge in [0.05, 0.1) is 6.54 Å². The van der Waals surface area contributed by atoms with Gasteiger partial charge in [0.1, 0.15) is 17.4 Å². The van der Waals surface area contributed by atoms with Crippen molar-refractivity contribution in [3.63, 3.8) is 0 Å². The maximum absolute atomic E-state index is 12.1. The van der Waals surface area contributed by atoms with Gasteiger partial charge in [0.25, 0.3) is 0 Å². The molecule has 0 saturated heterocycles. The third-order valence-electron chi connectivity index (χ3n) is 6.05. The SMILES string of the molecule is O=C(O)[C@@H](Cc1c[nH]c2ccccc12)NCc1nn(Cc2c(Cl)cccc2Cl)nc1-c1ccccc1. The van der Waals surface area contributed by atoms with Gasteiger partial charge in [0.2, 0.25) is 0 Å². The van der Waals surface area contributed by atoms with E-state index in [1.54, 1.807) is 23.0 Å². The summed E-state index contributed by atoms with van der Waals surface area (Å²) in [6.07, 6.45) is 2.19. The molecule has 0 aliphatic heterocycles. The second-order valence-corrected chi connectivity index (χ2v) is 9.24. The van der Waals surface area contributed by atoms with E-state index in [2.05, 4.69) is 15.4 Å². The number of aromatic amines is 1. The lowest BCUT2D eigenvalue weighted by atomic mass is 10.0. The molecule has 0 fully saturated rings. The van der Waals surface area contributed by atoms with Crippen LogP contribution in [-0.4, -0.2) is 37.1 Å². The molecule has 2 heterocycles. The molecule has 0 bridgehead atoms. The highest BCUT2D eigenvalue weighted by Gasteiger charge is 2.22. The molecule has 1 atom stereocenters. The van der Waals surface area contributed by atoms with Crippen LogP contribution in [0.5, 0.6) is 0 Å². The van der Waals surface area contributed by atoms with Crippen LogP contribution in [-0.2, 0) is 24.3 Å². The van der Waals surface area contributed by atoms with Gasteiger partial charge in [-0.1, -0.05) is 77.8 Å². The Morgan fingerprint density at radius 3 is 2.44 bits per heavy atom. The number of aromatic nitrogens is 4. The Bertz CT molecular complexity index is 1490. The number of para-hydroxylation sites is 1. The highest BCUT2D eigenvalue weighted by atomic mass is 35.5. The van der Waals surface area contributed by atoms with Gasteiger partial charge in [-0.3, -0.25) is 10.1 Å². The number of hydrogen-bond acceptors (Lipinski definition) is 4. The Morgan fingerprint density at radius 1 is 0.972 bits per heavy atom. The van der Waals surface area contributed by atoms with Crippen molar-refractivity contribution in [3.8, 4) is 11.3 Å². The van der Waals surface area contributed by atoms with Crippen molar-refractivity contribution in [3.05, 3.63) is 106 Å². The molecular weight excluding hydrogens is 497 g/mol. The van der Waals surface area contributed by atoms with Crippen molar-refractivity contribution >= 4 is 40.1 Å². The number of carboxylic acid groups (broad SMARTS) is 1. The topological polar surface area (TPSA) is 95.8 Å². The maximum atomic E-state index is 12.1. The zero-order chi connectivity index (χ0) is 25.1. The molecule has 0 unspecified atom stereocenters. The third kappa shape index (κ3) is 5.14. The van der Waals surface area contributed by atoms with Gasteiger partial charge in [-0.05, 0) is 23.8 Å². The lowest BCUT2D eigenvalue weighted by Crippen LogP contribution is -2.38. The molecule has 5 rings (SSSR count). The van der Waals surface area contributed by atoms with Crippen molar-refractivity contribution in [2.45, 2.75) is 25.6 Å². The van der Waals surface area contributed by atoms with E-state index in [1.807, 2.05) is 60.8 Å². The average Bonchev–Trinajstić information content (AvgIpc) is 3.48. The number of H-pyrrole nitrogens is 1. The highest BCUT2D eigenvalue weighted by Crippen LogP contribution is 2.26. The summed E-state index contributed by atoms with van der Waals surface area (Å²) >= 11 is 12.7. The van der Waals surface area contributed by atoms with Crippen LogP contribution in [0.3, 0.4) is 0 Å². The molecule has 0 amide bonds. The van der Waals surface area contributed by atoms with Gasteiger partial charge in [0, 0.05) is 51.2 Å². The third-order valence-corrected chi connectivity index (χ3v) is 6.75. The summed E-state index contributed by atoms with van der Waals surface area (Å²) in [6, 6.07) is 22.0. The highest BCUT2D eigenvalue weighted by molar-refractivity contribution is 6.35. The number of rotatable bonds is 9. The van der Waals surface area contributed by atoms with Gasteiger partial charge < -0.3 is 10.1 Å². The number of hydrogen-bond donors (Lipinski definition) is 3. The van der Waals surface area contributed by atoms with Crippen LogP contribution in [0.25, 0.3) is 22.2 Å². The number of nitrogens with zero attached hydrogens (tertiary/aromatic N) is 3. The summed E-state index contributed by atoms with van der Waals surface area (Å²) in [5.41, 5.74) is 4.82. The molecule has 9 heteroatoms. The summed E-state index contributed by atoms with van der Waals surface area (Å²) in [5, 5.41) is 24.5. The van der Waals surface area contributed by atoms with E-state index >= 15 is 0 Å². The summed E-state index contributed by atoms with van der Waals surface area (Å²) in [5.74, 6) is -0.934. The number of fused-ring (bicyclic) bond motifs is 1. The van der Waals surface area contributed by atoms with Gasteiger partial charge in [-0.15, -0.1) is 0 Å². The summed E-state index contributed by atoms with van der Waals surface area (Å²) in [4.78, 5) is 16.9. The lowest BCUT2D eigenvalue weighted by Gasteiger charge is -2.13. The summed E-state index contributed by atoms with van der Waals surface area (Å²) in [6.45, 7) is 0.510. The number of carboxylic acids is 1. The molecule has 36 heavy (non-hydrogen) atoms. The van der Waals surface area contributed by atoms with E-state index in [4.69, 9.17) is 28.3 Å². The molecule has 3 aromatic carbocycles. The number of carbonyl (C=O) groups is 1. The van der Waals surface area contributed by atoms with Gasteiger partial charge in [-0.2, -0.15) is 15.0 Å². The van der Waals surface area contributed by atoms with Gasteiger partial charge in [0.15, 0.2) is 0 Å². The summed E-state index contributed by atoms with van der Waals surface area (Å²) < 4.78 is 0. The molecule has 5 aromatic rings. The molecule has 182 valence electrons. The molecule has 3 N–H and O–H groups in total. The van der Waals surface area contributed by atoms with Crippen molar-refractivity contribution < 1.29 is 9.90 Å². The van der Waals surface area contributed by atoms with Crippen molar-refractivity contribution in [1.29, 1.82) is 0 Å². The molecule has 7 nitrogen and oxygen atoms in total. The fourth-order valence-electron chi connectivity index (χ4n) is 4.20. The summed E-state index contributed by atoms with van der Waals surface area (Å²) in [7, 11) is 0. The van der Waals surface area contributed by atoms with Crippen LogP contribution < -0.4 is 5.32 Å². The Kier molecular flexibility index (Phi) is 7.04. The molecule has 0 spiro atoms. The molecule has 2 aromatic heterocycles. The molecule has 0 aliphatic carbocycles.